The molecule has 3 atom stereocenters. The minimum atomic E-state index is 0.779. The first-order chi connectivity index (χ1) is 9.72. The van der Waals surface area contributed by atoms with Crippen molar-refractivity contribution in [1.82, 2.24) is 10.2 Å². The van der Waals surface area contributed by atoms with Gasteiger partial charge in [-0.15, -0.1) is 0 Å². The second kappa shape index (κ2) is 8.38. The quantitative estimate of drug-likeness (QED) is 0.725. The Labute approximate surface area is 126 Å². The van der Waals surface area contributed by atoms with Crippen molar-refractivity contribution in [3.8, 4) is 0 Å². The smallest absolute Gasteiger partial charge is 0.0108 e. The highest BCUT2D eigenvalue weighted by atomic mass is 15.1. The molecule has 2 fully saturated rings. The Morgan fingerprint density at radius 3 is 2.45 bits per heavy atom. The molecule has 0 heterocycles. The molecule has 2 rings (SSSR count). The van der Waals surface area contributed by atoms with E-state index in [4.69, 9.17) is 0 Å². The number of nitrogens with one attached hydrogen (secondary N) is 1. The van der Waals surface area contributed by atoms with Gasteiger partial charge in [0.25, 0.3) is 0 Å². The van der Waals surface area contributed by atoms with Crippen LogP contribution in [0.3, 0.4) is 0 Å². The van der Waals surface area contributed by atoms with Gasteiger partial charge in [0.15, 0.2) is 0 Å². The third-order valence-electron chi connectivity index (χ3n) is 5.58. The van der Waals surface area contributed by atoms with Crippen LogP contribution in [0, 0.1) is 17.8 Å². The van der Waals surface area contributed by atoms with E-state index in [1.165, 1.54) is 71.1 Å². The molecule has 0 saturated heterocycles. The van der Waals surface area contributed by atoms with Crippen molar-refractivity contribution >= 4 is 0 Å². The zero-order valence-corrected chi connectivity index (χ0v) is 14.0. The van der Waals surface area contributed by atoms with E-state index in [1.54, 1.807) is 0 Å². The zero-order valence-electron chi connectivity index (χ0n) is 14.0. The normalized spacial score (nSPS) is 31.5. The molecular weight excluding hydrogens is 244 g/mol. The average molecular weight is 280 g/mol. The van der Waals surface area contributed by atoms with Gasteiger partial charge < -0.3 is 10.2 Å². The molecule has 2 aliphatic carbocycles. The van der Waals surface area contributed by atoms with Crippen LogP contribution in [0.25, 0.3) is 0 Å². The lowest BCUT2D eigenvalue weighted by Gasteiger charge is -2.40. The van der Waals surface area contributed by atoms with Gasteiger partial charge in [-0.25, -0.2) is 0 Å². The first kappa shape index (κ1) is 16.3. The lowest BCUT2D eigenvalue weighted by molar-refractivity contribution is 0.119. The van der Waals surface area contributed by atoms with E-state index in [1.807, 2.05) is 0 Å². The van der Waals surface area contributed by atoms with Crippen LogP contribution in [-0.4, -0.2) is 37.1 Å². The first-order valence-electron chi connectivity index (χ1n) is 9.18. The fourth-order valence-electron chi connectivity index (χ4n) is 4.00. The molecule has 2 nitrogen and oxygen atoms in total. The molecule has 118 valence electrons. The van der Waals surface area contributed by atoms with E-state index in [9.17, 15) is 0 Å². The maximum atomic E-state index is 3.83. The van der Waals surface area contributed by atoms with Gasteiger partial charge in [-0.3, -0.25) is 0 Å². The van der Waals surface area contributed by atoms with Gasteiger partial charge in [0, 0.05) is 19.1 Å². The van der Waals surface area contributed by atoms with Crippen molar-refractivity contribution in [3.63, 3.8) is 0 Å². The first-order valence-corrected chi connectivity index (χ1v) is 9.18. The molecule has 2 heteroatoms. The van der Waals surface area contributed by atoms with Crippen LogP contribution in [0.5, 0.6) is 0 Å². The van der Waals surface area contributed by atoms with Crippen LogP contribution in [0.1, 0.15) is 65.7 Å². The van der Waals surface area contributed by atoms with Crippen LogP contribution in [0.2, 0.25) is 0 Å². The highest BCUT2D eigenvalue weighted by molar-refractivity contribution is 4.86. The summed E-state index contributed by atoms with van der Waals surface area (Å²) in [4.78, 5) is 2.74. The lowest BCUT2D eigenvalue weighted by atomic mass is 9.78. The summed E-state index contributed by atoms with van der Waals surface area (Å²) in [7, 11) is 0. The van der Waals surface area contributed by atoms with E-state index in [2.05, 4.69) is 31.0 Å². The largest absolute Gasteiger partial charge is 0.314 e. The molecule has 0 aromatic carbocycles. The number of hydrogen-bond donors (Lipinski definition) is 1. The minimum absolute atomic E-state index is 0.779. The highest BCUT2D eigenvalue weighted by Gasteiger charge is 2.30. The Balaban J connectivity index is 1.83. The van der Waals surface area contributed by atoms with E-state index in [0.717, 1.165) is 23.8 Å². The van der Waals surface area contributed by atoms with Crippen LogP contribution in [0.4, 0.5) is 0 Å². The molecule has 3 unspecified atom stereocenters. The molecule has 0 aliphatic heterocycles. The van der Waals surface area contributed by atoms with Crippen LogP contribution in [0.15, 0.2) is 0 Å². The van der Waals surface area contributed by atoms with E-state index >= 15 is 0 Å². The summed E-state index contributed by atoms with van der Waals surface area (Å²) in [6, 6.07) is 0.779. The monoisotopic (exact) mass is 280 g/mol. The highest BCUT2D eigenvalue weighted by Crippen LogP contribution is 2.31. The van der Waals surface area contributed by atoms with E-state index in [0.29, 0.717) is 0 Å². The fraction of sp³-hybridized carbons (Fsp3) is 1.00. The van der Waals surface area contributed by atoms with Crippen molar-refractivity contribution in [2.75, 3.05) is 26.2 Å². The molecule has 0 aromatic rings. The fourth-order valence-corrected chi connectivity index (χ4v) is 4.00. The summed E-state index contributed by atoms with van der Waals surface area (Å²) < 4.78 is 0. The Kier molecular flexibility index (Phi) is 6.83. The minimum Gasteiger partial charge on any atom is -0.314 e. The van der Waals surface area contributed by atoms with Crippen molar-refractivity contribution in [2.24, 2.45) is 17.8 Å². The van der Waals surface area contributed by atoms with Crippen LogP contribution < -0.4 is 5.32 Å². The lowest BCUT2D eigenvalue weighted by Crippen LogP contribution is -2.47. The molecule has 1 N–H and O–H groups in total. The summed E-state index contributed by atoms with van der Waals surface area (Å²) in [5, 5.41) is 3.83. The maximum Gasteiger partial charge on any atom is 0.0108 e. The Morgan fingerprint density at radius 1 is 1.05 bits per heavy atom. The van der Waals surface area contributed by atoms with Gasteiger partial charge in [0.1, 0.15) is 0 Å². The van der Waals surface area contributed by atoms with Gasteiger partial charge in [0.2, 0.25) is 0 Å². The summed E-state index contributed by atoms with van der Waals surface area (Å²) in [5.74, 6) is 2.82. The van der Waals surface area contributed by atoms with E-state index in [-0.39, 0.29) is 0 Å². The Hall–Kier alpha value is -0.0800. The summed E-state index contributed by atoms with van der Waals surface area (Å²) in [6.07, 6.45) is 9.95. The summed E-state index contributed by atoms with van der Waals surface area (Å²) >= 11 is 0. The molecule has 0 radical (unpaired) electrons. The number of rotatable bonds is 8. The predicted octanol–water partition coefficient (Wildman–Crippen LogP) is 3.91. The third kappa shape index (κ3) is 4.73. The van der Waals surface area contributed by atoms with Gasteiger partial charge in [-0.1, -0.05) is 27.2 Å². The topological polar surface area (TPSA) is 15.3 Å². The third-order valence-corrected chi connectivity index (χ3v) is 5.58. The SMILES string of the molecule is CCCNC1CCC(C)CC1CN(CC)CC1CCC1. The second-order valence-corrected chi connectivity index (χ2v) is 7.39. The molecular formula is C18H36N2. The molecule has 20 heavy (non-hydrogen) atoms. The zero-order chi connectivity index (χ0) is 14.4. The molecule has 0 aromatic heterocycles. The summed E-state index contributed by atoms with van der Waals surface area (Å²) in [5.41, 5.74) is 0. The molecule has 0 bridgehead atoms. The van der Waals surface area contributed by atoms with Crippen LogP contribution in [-0.2, 0) is 0 Å². The number of hydrogen-bond acceptors (Lipinski definition) is 2. The molecule has 0 amide bonds. The van der Waals surface area contributed by atoms with Gasteiger partial charge >= 0.3 is 0 Å². The Morgan fingerprint density at radius 2 is 1.85 bits per heavy atom. The Bertz CT molecular complexity index is 260. The number of nitrogens with zero attached hydrogens (tertiary/aromatic N) is 1. The molecule has 2 aliphatic rings. The molecule has 0 spiro atoms. The van der Waals surface area contributed by atoms with Crippen molar-refractivity contribution in [1.29, 1.82) is 0 Å². The van der Waals surface area contributed by atoms with Crippen LogP contribution >= 0.6 is 0 Å². The van der Waals surface area contributed by atoms with Gasteiger partial charge in [-0.2, -0.15) is 0 Å². The van der Waals surface area contributed by atoms with Crippen molar-refractivity contribution < 1.29 is 0 Å². The predicted molar refractivity (Wildman–Crippen MR) is 88.0 cm³/mol. The van der Waals surface area contributed by atoms with Crippen molar-refractivity contribution in [3.05, 3.63) is 0 Å². The van der Waals surface area contributed by atoms with Gasteiger partial charge in [0.05, 0.1) is 0 Å². The van der Waals surface area contributed by atoms with E-state index < -0.39 is 0 Å². The average Bonchev–Trinajstić information content (AvgIpc) is 2.40. The maximum absolute atomic E-state index is 3.83. The molecule has 2 saturated carbocycles. The van der Waals surface area contributed by atoms with Crippen molar-refractivity contribution in [2.45, 2.75) is 71.8 Å². The standard InChI is InChI=1S/C18H36N2/c1-4-11-19-18-10-9-15(3)12-17(18)14-20(5-2)13-16-7-6-8-16/h15-19H,4-14H2,1-3H3. The summed E-state index contributed by atoms with van der Waals surface area (Å²) in [6.45, 7) is 12.2. The second-order valence-electron chi connectivity index (χ2n) is 7.39. The van der Waals surface area contributed by atoms with Gasteiger partial charge in [-0.05, 0) is 69.4 Å².